The Kier molecular flexibility index (Phi) is 7.63. The molecular formula is C32H35N5O2S. The minimum absolute atomic E-state index is 0.0728. The van der Waals surface area contributed by atoms with Crippen LogP contribution >= 0.6 is 12.2 Å². The van der Waals surface area contributed by atoms with Crippen LogP contribution in [0.15, 0.2) is 66.9 Å². The molecule has 2 N–H and O–H groups in total. The normalized spacial score (nSPS) is 16.6. The summed E-state index contributed by atoms with van der Waals surface area (Å²) in [5.41, 5.74) is 9.53. The fourth-order valence-electron chi connectivity index (χ4n) is 5.56. The maximum absolute atomic E-state index is 12.1. The first-order valence-corrected chi connectivity index (χ1v) is 13.9. The van der Waals surface area contributed by atoms with Crippen molar-refractivity contribution in [3.8, 4) is 11.4 Å². The number of anilines is 2. The molecule has 3 heterocycles. The lowest BCUT2D eigenvalue weighted by Gasteiger charge is -2.29. The topological polar surface area (TPSA) is 71.4 Å². The zero-order chi connectivity index (χ0) is 28.6. The van der Waals surface area contributed by atoms with Crippen LogP contribution in [-0.4, -0.2) is 27.7 Å². The first kappa shape index (κ1) is 27.4. The smallest absolute Gasteiger partial charge is 0.224 e. The molecule has 1 aliphatic rings. The highest BCUT2D eigenvalue weighted by Crippen LogP contribution is 2.45. The molecule has 0 radical (unpaired) electrons. The van der Waals surface area contributed by atoms with E-state index in [0.29, 0.717) is 23.0 Å². The van der Waals surface area contributed by atoms with Gasteiger partial charge in [-0.1, -0.05) is 25.1 Å². The zero-order valence-electron chi connectivity index (χ0n) is 23.8. The molecule has 0 spiro atoms. The van der Waals surface area contributed by atoms with Crippen LogP contribution in [-0.2, 0) is 4.79 Å². The Morgan fingerprint density at radius 1 is 1.07 bits per heavy atom. The molecule has 40 heavy (non-hydrogen) atoms. The molecule has 2 atom stereocenters. The summed E-state index contributed by atoms with van der Waals surface area (Å²) < 4.78 is 8.02. The summed E-state index contributed by atoms with van der Waals surface area (Å²) in [6.45, 7) is 10.5. The van der Waals surface area contributed by atoms with Gasteiger partial charge in [-0.05, 0) is 93.0 Å². The first-order chi connectivity index (χ1) is 19.2. The lowest BCUT2D eigenvalue weighted by molar-refractivity contribution is -0.115. The molecule has 8 heteroatoms. The van der Waals surface area contributed by atoms with E-state index in [1.807, 2.05) is 49.5 Å². The number of nitrogens with one attached hydrogen (secondary N) is 2. The SMILES string of the molecule is CCC(=O)Nc1ccc(N2C(=S)N[C@@H](c3ccccn3)[C@@H]2c2cc(C)n(-c3cccc(C)c3C)c2C)cc1OC. The summed E-state index contributed by atoms with van der Waals surface area (Å²) in [5, 5.41) is 7.07. The van der Waals surface area contributed by atoms with Crippen molar-refractivity contribution in [2.75, 3.05) is 17.3 Å². The number of thiocarbonyl (C=S) groups is 1. The molecule has 5 rings (SSSR count). The van der Waals surface area contributed by atoms with E-state index < -0.39 is 0 Å². The molecule has 4 aromatic rings. The van der Waals surface area contributed by atoms with Gasteiger partial charge in [-0.15, -0.1) is 0 Å². The second-order valence-corrected chi connectivity index (χ2v) is 10.6. The molecule has 2 aromatic heterocycles. The van der Waals surface area contributed by atoms with Gasteiger partial charge in [-0.25, -0.2) is 0 Å². The molecule has 2 aromatic carbocycles. The maximum Gasteiger partial charge on any atom is 0.224 e. The number of carbonyl (C=O) groups excluding carboxylic acids is 1. The predicted octanol–water partition coefficient (Wildman–Crippen LogP) is 6.64. The summed E-state index contributed by atoms with van der Waals surface area (Å²) in [7, 11) is 1.60. The van der Waals surface area contributed by atoms with Gasteiger partial charge >= 0.3 is 0 Å². The van der Waals surface area contributed by atoms with Crippen molar-refractivity contribution in [2.24, 2.45) is 0 Å². The third-order valence-electron chi connectivity index (χ3n) is 7.76. The van der Waals surface area contributed by atoms with Gasteiger partial charge in [0.25, 0.3) is 0 Å². The van der Waals surface area contributed by atoms with Gasteiger partial charge in [0, 0.05) is 41.4 Å². The Bertz CT molecular complexity index is 1580. The fourth-order valence-corrected chi connectivity index (χ4v) is 5.90. The molecule has 206 valence electrons. The van der Waals surface area contributed by atoms with Crippen LogP contribution in [0.3, 0.4) is 0 Å². The Balaban J connectivity index is 1.66. The van der Waals surface area contributed by atoms with E-state index in [1.54, 1.807) is 7.11 Å². The van der Waals surface area contributed by atoms with E-state index in [9.17, 15) is 4.79 Å². The van der Waals surface area contributed by atoms with Crippen LogP contribution in [0.25, 0.3) is 5.69 Å². The number of amides is 1. The first-order valence-electron chi connectivity index (χ1n) is 13.5. The van der Waals surface area contributed by atoms with Crippen LogP contribution in [0.1, 0.15) is 59.2 Å². The summed E-state index contributed by atoms with van der Waals surface area (Å²) >= 11 is 5.96. The van der Waals surface area contributed by atoms with Crippen molar-refractivity contribution in [1.82, 2.24) is 14.9 Å². The molecule has 0 aliphatic carbocycles. The van der Waals surface area contributed by atoms with Gasteiger partial charge in [0.2, 0.25) is 5.91 Å². The summed E-state index contributed by atoms with van der Waals surface area (Å²) in [6, 6.07) is 20.1. The van der Waals surface area contributed by atoms with Crippen LogP contribution in [0.4, 0.5) is 11.4 Å². The molecule has 1 fully saturated rings. The average Bonchev–Trinajstić information content (AvgIpc) is 3.45. The summed E-state index contributed by atoms with van der Waals surface area (Å²) in [5.74, 6) is 0.499. The Hall–Kier alpha value is -4.17. The molecule has 0 unspecified atom stereocenters. The lowest BCUT2D eigenvalue weighted by atomic mass is 9.96. The number of ether oxygens (including phenoxy) is 1. The molecule has 1 saturated heterocycles. The molecule has 1 amide bonds. The monoisotopic (exact) mass is 553 g/mol. The van der Waals surface area contributed by atoms with Gasteiger partial charge in [0.05, 0.1) is 30.6 Å². The third kappa shape index (κ3) is 4.84. The van der Waals surface area contributed by atoms with Gasteiger partial charge in [0.1, 0.15) is 5.75 Å². The lowest BCUT2D eigenvalue weighted by Crippen LogP contribution is -2.29. The highest BCUT2D eigenvalue weighted by Gasteiger charge is 2.42. The standard InChI is InChI=1S/C32H35N5O2S/c1-7-29(38)34-25-15-14-23(18-28(25)39-6)37-31(30(35-32(37)40)26-12-8-9-16-33-26)24-17-20(3)36(22(24)5)27-13-10-11-19(2)21(27)4/h8-18,30-31H,7H2,1-6H3,(H,34,38)(H,35,40)/t30-,31-/m0/s1. The number of aromatic nitrogens is 2. The van der Waals surface area contributed by atoms with Gasteiger partial charge < -0.3 is 24.8 Å². The average molecular weight is 554 g/mol. The number of methoxy groups -OCH3 is 1. The number of carbonyl (C=O) groups is 1. The number of benzene rings is 2. The van der Waals surface area contributed by atoms with E-state index in [-0.39, 0.29) is 18.0 Å². The molecule has 7 nitrogen and oxygen atoms in total. The fraction of sp³-hybridized carbons (Fsp3) is 0.281. The number of nitrogens with zero attached hydrogens (tertiary/aromatic N) is 3. The quantitative estimate of drug-likeness (QED) is 0.250. The van der Waals surface area contributed by atoms with Gasteiger partial charge in [-0.3, -0.25) is 9.78 Å². The number of pyridine rings is 1. The Morgan fingerprint density at radius 2 is 1.88 bits per heavy atom. The molecule has 0 bridgehead atoms. The van der Waals surface area contributed by atoms with Crippen molar-refractivity contribution in [3.05, 3.63) is 101 Å². The summed E-state index contributed by atoms with van der Waals surface area (Å²) in [6.07, 6.45) is 2.20. The van der Waals surface area contributed by atoms with Gasteiger partial charge in [0.15, 0.2) is 5.11 Å². The highest BCUT2D eigenvalue weighted by atomic mass is 32.1. The predicted molar refractivity (Wildman–Crippen MR) is 165 cm³/mol. The highest BCUT2D eigenvalue weighted by molar-refractivity contribution is 7.80. The minimum atomic E-state index is -0.174. The van der Waals surface area contributed by atoms with E-state index in [1.165, 1.54) is 16.8 Å². The third-order valence-corrected chi connectivity index (χ3v) is 8.08. The molecule has 0 saturated carbocycles. The Labute approximate surface area is 241 Å². The van der Waals surface area contributed by atoms with E-state index in [2.05, 4.69) is 72.1 Å². The Morgan fingerprint density at radius 3 is 2.58 bits per heavy atom. The van der Waals surface area contributed by atoms with Crippen LogP contribution < -0.4 is 20.3 Å². The van der Waals surface area contributed by atoms with Crippen molar-refractivity contribution in [3.63, 3.8) is 0 Å². The molecule has 1 aliphatic heterocycles. The zero-order valence-corrected chi connectivity index (χ0v) is 24.6. The minimum Gasteiger partial charge on any atom is -0.494 e. The second kappa shape index (κ2) is 11.1. The van der Waals surface area contributed by atoms with Crippen molar-refractivity contribution < 1.29 is 9.53 Å². The number of aryl methyl sites for hydroxylation is 2. The van der Waals surface area contributed by atoms with E-state index in [0.717, 1.165) is 28.3 Å². The van der Waals surface area contributed by atoms with Crippen molar-refractivity contribution >= 4 is 34.6 Å². The van der Waals surface area contributed by atoms with Crippen molar-refractivity contribution in [1.29, 1.82) is 0 Å². The van der Waals surface area contributed by atoms with Gasteiger partial charge in [-0.2, -0.15) is 0 Å². The number of hydrogen-bond donors (Lipinski definition) is 2. The van der Waals surface area contributed by atoms with Crippen LogP contribution in [0.2, 0.25) is 0 Å². The second-order valence-electron chi connectivity index (χ2n) is 10.2. The van der Waals surface area contributed by atoms with Crippen LogP contribution in [0.5, 0.6) is 5.75 Å². The molecular weight excluding hydrogens is 518 g/mol. The van der Waals surface area contributed by atoms with E-state index in [4.69, 9.17) is 21.9 Å². The number of rotatable bonds is 7. The number of hydrogen-bond acceptors (Lipinski definition) is 4. The van der Waals surface area contributed by atoms with E-state index >= 15 is 0 Å². The largest absolute Gasteiger partial charge is 0.494 e. The maximum atomic E-state index is 12.1. The summed E-state index contributed by atoms with van der Waals surface area (Å²) in [4.78, 5) is 18.9. The van der Waals surface area contributed by atoms with Crippen LogP contribution in [0, 0.1) is 27.7 Å². The van der Waals surface area contributed by atoms with Crippen molar-refractivity contribution in [2.45, 2.75) is 53.1 Å².